The molecule has 0 aliphatic carbocycles. The van der Waals surface area contributed by atoms with Gasteiger partial charge < -0.3 is 9.47 Å². The molecule has 1 heterocycles. The van der Waals surface area contributed by atoms with Gasteiger partial charge in [-0.05, 0) is 18.2 Å². The molecule has 0 amide bonds. The van der Waals surface area contributed by atoms with Crippen molar-refractivity contribution in [2.24, 2.45) is 0 Å². The van der Waals surface area contributed by atoms with Crippen LogP contribution >= 0.6 is 11.8 Å². The van der Waals surface area contributed by atoms with Gasteiger partial charge >= 0.3 is 0 Å². The highest BCUT2D eigenvalue weighted by Gasteiger charge is 2.10. The summed E-state index contributed by atoms with van der Waals surface area (Å²) in [4.78, 5) is 0. The second kappa shape index (κ2) is 10.2. The molecule has 0 aromatic rings. The Balaban J connectivity index is 1.71. The summed E-state index contributed by atoms with van der Waals surface area (Å²) in [6.07, 6.45) is 8.46. The summed E-state index contributed by atoms with van der Waals surface area (Å²) >= 11 is 1.87. The van der Waals surface area contributed by atoms with E-state index in [4.69, 9.17) is 9.47 Å². The molecule has 0 saturated heterocycles. The van der Waals surface area contributed by atoms with E-state index < -0.39 is 0 Å². The lowest BCUT2D eigenvalue weighted by molar-refractivity contribution is 0.0471. The minimum Gasteiger partial charge on any atom is -0.379 e. The van der Waals surface area contributed by atoms with Gasteiger partial charge in [-0.1, -0.05) is 32.3 Å². The molecule has 0 aromatic carbocycles. The van der Waals surface area contributed by atoms with Gasteiger partial charge in [0.05, 0.1) is 19.8 Å². The van der Waals surface area contributed by atoms with Crippen LogP contribution in [0.2, 0.25) is 0 Å². The molecule has 2 nitrogen and oxygen atoms in total. The minimum absolute atomic E-state index is 0.643. The standard InChI is InChI=1S/C13H24O2S/c1-2-3-4-5-8-14-9-10-15-12-13-7-6-11-16-13/h6,11,13H,2-5,7-10,12H2,1H3. The average molecular weight is 244 g/mol. The Morgan fingerprint density at radius 1 is 1.12 bits per heavy atom. The van der Waals surface area contributed by atoms with E-state index in [-0.39, 0.29) is 0 Å². The first-order valence-corrected chi connectivity index (χ1v) is 7.33. The van der Waals surface area contributed by atoms with Crippen LogP contribution in [0.3, 0.4) is 0 Å². The smallest absolute Gasteiger partial charge is 0.0701 e. The van der Waals surface area contributed by atoms with Crippen molar-refractivity contribution < 1.29 is 9.47 Å². The normalized spacial score (nSPS) is 19.4. The molecule has 1 aliphatic rings. The number of unbranched alkanes of at least 4 members (excludes halogenated alkanes) is 3. The van der Waals surface area contributed by atoms with E-state index in [1.807, 2.05) is 11.8 Å². The summed E-state index contributed by atoms with van der Waals surface area (Å²) in [5.41, 5.74) is 0. The lowest BCUT2D eigenvalue weighted by atomic mass is 10.2. The highest BCUT2D eigenvalue weighted by Crippen LogP contribution is 2.23. The predicted molar refractivity (Wildman–Crippen MR) is 70.9 cm³/mol. The first-order valence-electron chi connectivity index (χ1n) is 6.39. The van der Waals surface area contributed by atoms with Crippen molar-refractivity contribution in [1.82, 2.24) is 0 Å². The van der Waals surface area contributed by atoms with E-state index in [0.29, 0.717) is 5.25 Å². The van der Waals surface area contributed by atoms with Crippen molar-refractivity contribution >= 4 is 11.8 Å². The molecular formula is C13H24O2S. The Labute approximate surface area is 104 Å². The first kappa shape index (κ1) is 14.1. The summed E-state index contributed by atoms with van der Waals surface area (Å²) in [7, 11) is 0. The van der Waals surface area contributed by atoms with Crippen molar-refractivity contribution in [2.75, 3.05) is 26.4 Å². The Bertz CT molecular complexity index is 175. The molecule has 0 aromatic heterocycles. The maximum Gasteiger partial charge on any atom is 0.0701 e. The maximum absolute atomic E-state index is 5.56. The number of thioether (sulfide) groups is 1. The second-order valence-corrected chi connectivity index (χ2v) is 5.32. The van der Waals surface area contributed by atoms with Gasteiger partial charge in [-0.15, -0.1) is 11.8 Å². The third-order valence-electron chi connectivity index (χ3n) is 2.58. The van der Waals surface area contributed by atoms with E-state index >= 15 is 0 Å². The van der Waals surface area contributed by atoms with Gasteiger partial charge in [-0.3, -0.25) is 0 Å². The number of rotatable bonds is 10. The van der Waals surface area contributed by atoms with Gasteiger partial charge in [0, 0.05) is 11.9 Å². The number of hydrogen-bond donors (Lipinski definition) is 0. The summed E-state index contributed by atoms with van der Waals surface area (Å²) in [5, 5.41) is 2.81. The van der Waals surface area contributed by atoms with Crippen LogP contribution in [0.1, 0.15) is 39.0 Å². The van der Waals surface area contributed by atoms with Gasteiger partial charge in [0.1, 0.15) is 0 Å². The zero-order chi connectivity index (χ0) is 11.5. The third kappa shape index (κ3) is 7.31. The topological polar surface area (TPSA) is 18.5 Å². The minimum atomic E-state index is 0.643. The fraction of sp³-hybridized carbons (Fsp3) is 0.846. The molecule has 1 atom stereocenters. The van der Waals surface area contributed by atoms with Crippen LogP contribution in [0.15, 0.2) is 11.5 Å². The molecule has 0 N–H and O–H groups in total. The lowest BCUT2D eigenvalue weighted by Gasteiger charge is -2.09. The van der Waals surface area contributed by atoms with Gasteiger partial charge in [-0.25, -0.2) is 0 Å². The second-order valence-electron chi connectivity index (χ2n) is 4.11. The summed E-state index contributed by atoms with van der Waals surface area (Å²) < 4.78 is 11.1. The zero-order valence-electron chi connectivity index (χ0n) is 10.3. The molecule has 16 heavy (non-hydrogen) atoms. The SMILES string of the molecule is CCCCCCOCCOCC1CC=CS1. The monoisotopic (exact) mass is 244 g/mol. The molecule has 1 rings (SSSR count). The molecule has 1 aliphatic heterocycles. The molecule has 3 heteroatoms. The Morgan fingerprint density at radius 2 is 2.00 bits per heavy atom. The van der Waals surface area contributed by atoms with Crippen molar-refractivity contribution in [3.8, 4) is 0 Å². The average Bonchev–Trinajstić information content (AvgIpc) is 2.80. The van der Waals surface area contributed by atoms with Crippen molar-refractivity contribution in [3.63, 3.8) is 0 Å². The van der Waals surface area contributed by atoms with Crippen LogP contribution in [0.25, 0.3) is 0 Å². The van der Waals surface area contributed by atoms with Gasteiger partial charge in [0.2, 0.25) is 0 Å². The molecular weight excluding hydrogens is 220 g/mol. The lowest BCUT2D eigenvalue weighted by Crippen LogP contribution is -2.12. The van der Waals surface area contributed by atoms with E-state index in [9.17, 15) is 0 Å². The van der Waals surface area contributed by atoms with E-state index in [1.54, 1.807) is 0 Å². The molecule has 0 fully saturated rings. The predicted octanol–water partition coefficient (Wildman–Crippen LogP) is 3.62. The number of ether oxygens (including phenoxy) is 2. The van der Waals surface area contributed by atoms with Crippen LogP contribution in [0.5, 0.6) is 0 Å². The van der Waals surface area contributed by atoms with E-state index in [1.165, 1.54) is 25.7 Å². The Morgan fingerprint density at radius 3 is 2.75 bits per heavy atom. The summed E-state index contributed by atoms with van der Waals surface area (Å²) in [6.45, 7) is 5.46. The van der Waals surface area contributed by atoms with E-state index in [0.717, 1.165) is 32.8 Å². The van der Waals surface area contributed by atoms with Gasteiger partial charge in [0.25, 0.3) is 0 Å². The van der Waals surface area contributed by atoms with Gasteiger partial charge in [-0.2, -0.15) is 0 Å². The molecule has 0 bridgehead atoms. The summed E-state index contributed by atoms with van der Waals surface area (Å²) in [5.74, 6) is 0. The Kier molecular flexibility index (Phi) is 8.96. The molecule has 0 radical (unpaired) electrons. The molecule has 94 valence electrons. The third-order valence-corrected chi connectivity index (χ3v) is 3.65. The zero-order valence-corrected chi connectivity index (χ0v) is 11.1. The highest BCUT2D eigenvalue weighted by atomic mass is 32.2. The Hall–Kier alpha value is 0.01000. The van der Waals surface area contributed by atoms with Crippen LogP contribution in [-0.4, -0.2) is 31.7 Å². The number of allylic oxidation sites excluding steroid dienone is 1. The fourth-order valence-corrected chi connectivity index (χ4v) is 2.44. The molecule has 1 unspecified atom stereocenters. The van der Waals surface area contributed by atoms with Crippen LogP contribution in [0.4, 0.5) is 0 Å². The van der Waals surface area contributed by atoms with Gasteiger partial charge in [0.15, 0.2) is 0 Å². The largest absolute Gasteiger partial charge is 0.379 e. The van der Waals surface area contributed by atoms with Crippen molar-refractivity contribution in [2.45, 2.75) is 44.3 Å². The van der Waals surface area contributed by atoms with E-state index in [2.05, 4.69) is 18.4 Å². The highest BCUT2D eigenvalue weighted by molar-refractivity contribution is 8.03. The fourth-order valence-electron chi connectivity index (χ4n) is 1.60. The molecule has 0 spiro atoms. The summed E-state index contributed by atoms with van der Waals surface area (Å²) in [6, 6.07) is 0. The van der Waals surface area contributed by atoms with Crippen LogP contribution < -0.4 is 0 Å². The van der Waals surface area contributed by atoms with Crippen molar-refractivity contribution in [3.05, 3.63) is 11.5 Å². The maximum atomic E-state index is 5.56. The van der Waals surface area contributed by atoms with Crippen LogP contribution in [-0.2, 0) is 9.47 Å². The first-order chi connectivity index (χ1) is 7.93. The van der Waals surface area contributed by atoms with Crippen LogP contribution in [0, 0.1) is 0 Å². The van der Waals surface area contributed by atoms with Crippen molar-refractivity contribution in [1.29, 1.82) is 0 Å². The number of hydrogen-bond acceptors (Lipinski definition) is 3. The quantitative estimate of drug-likeness (QED) is 0.547. The molecule has 0 saturated carbocycles.